The highest BCUT2D eigenvalue weighted by molar-refractivity contribution is 5.99. The second-order valence-electron chi connectivity index (χ2n) is 5.38. The summed E-state index contributed by atoms with van der Waals surface area (Å²) in [6, 6.07) is 10.3. The number of benzene rings is 2. The van der Waals surface area contributed by atoms with Crippen molar-refractivity contribution in [3.8, 4) is 16.9 Å². The number of nitrogens with one attached hydrogen (secondary N) is 1. The zero-order chi connectivity index (χ0) is 15.0. The number of hydrogen-bond acceptors (Lipinski definition) is 2. The monoisotopic (exact) mass is 285 g/mol. The molecule has 0 bridgehead atoms. The molecule has 0 aromatic heterocycles. The van der Waals surface area contributed by atoms with E-state index in [1.807, 2.05) is 19.9 Å². The Balaban J connectivity index is 2.08. The van der Waals surface area contributed by atoms with Crippen molar-refractivity contribution < 1.29 is 13.9 Å². The zero-order valence-corrected chi connectivity index (χ0v) is 11.9. The first-order chi connectivity index (χ1) is 10.0. The number of hydrogen-bond donors (Lipinski definition) is 1. The number of carbonyl (C=O) groups is 1. The van der Waals surface area contributed by atoms with Crippen LogP contribution >= 0.6 is 0 Å². The van der Waals surface area contributed by atoms with Gasteiger partial charge in [0.2, 0.25) is 5.91 Å². The van der Waals surface area contributed by atoms with E-state index in [4.69, 9.17) is 4.74 Å². The van der Waals surface area contributed by atoms with Crippen molar-refractivity contribution in [1.29, 1.82) is 0 Å². The lowest BCUT2D eigenvalue weighted by Gasteiger charge is -2.15. The summed E-state index contributed by atoms with van der Waals surface area (Å²) in [6.07, 6.45) is 0.293. The standard InChI is InChI=1S/C17H16FNO2/c1-10(2)21-15-5-3-4-13(18)17(15)11-6-7-14-12(8-11)9-16(20)19-14/h3-8,10H,9H2,1-2H3,(H,19,20). The molecule has 2 aromatic rings. The molecular weight excluding hydrogens is 269 g/mol. The molecule has 0 atom stereocenters. The highest BCUT2D eigenvalue weighted by atomic mass is 19.1. The summed E-state index contributed by atoms with van der Waals surface area (Å²) in [5.74, 6) is 0.155. The molecule has 1 heterocycles. The van der Waals surface area contributed by atoms with Crippen molar-refractivity contribution in [2.75, 3.05) is 5.32 Å². The van der Waals surface area contributed by atoms with Crippen LogP contribution in [0.2, 0.25) is 0 Å². The Morgan fingerprint density at radius 2 is 2.05 bits per heavy atom. The molecule has 0 fully saturated rings. The molecular formula is C17H16FNO2. The van der Waals surface area contributed by atoms with E-state index in [9.17, 15) is 9.18 Å². The topological polar surface area (TPSA) is 38.3 Å². The summed E-state index contributed by atoms with van der Waals surface area (Å²) in [5, 5.41) is 2.77. The maximum atomic E-state index is 14.3. The normalized spacial score (nSPS) is 13.2. The van der Waals surface area contributed by atoms with Crippen LogP contribution in [0.5, 0.6) is 5.75 Å². The predicted molar refractivity (Wildman–Crippen MR) is 79.9 cm³/mol. The van der Waals surface area contributed by atoms with E-state index in [0.717, 1.165) is 16.8 Å². The number of amides is 1. The van der Waals surface area contributed by atoms with Crippen LogP contribution in [0.15, 0.2) is 36.4 Å². The Hall–Kier alpha value is -2.36. The van der Waals surface area contributed by atoms with E-state index >= 15 is 0 Å². The summed E-state index contributed by atoms with van der Waals surface area (Å²) in [5.41, 5.74) is 2.84. The fraction of sp³-hybridized carbons (Fsp3) is 0.235. The van der Waals surface area contributed by atoms with Crippen molar-refractivity contribution in [2.24, 2.45) is 0 Å². The van der Waals surface area contributed by atoms with Crippen LogP contribution in [0.25, 0.3) is 11.1 Å². The van der Waals surface area contributed by atoms with Gasteiger partial charge in [-0.05, 0) is 49.2 Å². The second kappa shape index (κ2) is 5.20. The van der Waals surface area contributed by atoms with Crippen molar-refractivity contribution in [3.05, 3.63) is 47.8 Å². The lowest BCUT2D eigenvalue weighted by atomic mass is 10.0. The summed E-state index contributed by atoms with van der Waals surface area (Å²) in [4.78, 5) is 11.4. The molecule has 0 saturated heterocycles. The molecule has 3 rings (SSSR count). The minimum absolute atomic E-state index is 0.0330. The van der Waals surface area contributed by atoms with Gasteiger partial charge in [0.25, 0.3) is 0 Å². The number of halogens is 1. The fourth-order valence-corrected chi connectivity index (χ4v) is 2.52. The van der Waals surface area contributed by atoms with Crippen LogP contribution in [0.1, 0.15) is 19.4 Å². The number of carbonyl (C=O) groups excluding carboxylic acids is 1. The Labute approximate surface area is 122 Å². The van der Waals surface area contributed by atoms with E-state index in [1.54, 1.807) is 24.3 Å². The molecule has 0 radical (unpaired) electrons. The van der Waals surface area contributed by atoms with Crippen LogP contribution in [0.3, 0.4) is 0 Å². The molecule has 0 unspecified atom stereocenters. The molecule has 3 nitrogen and oxygen atoms in total. The third kappa shape index (κ3) is 2.61. The van der Waals surface area contributed by atoms with Gasteiger partial charge in [-0.2, -0.15) is 0 Å². The fourth-order valence-electron chi connectivity index (χ4n) is 2.52. The molecule has 2 aromatic carbocycles. The van der Waals surface area contributed by atoms with Gasteiger partial charge in [0.1, 0.15) is 11.6 Å². The van der Waals surface area contributed by atoms with Crippen molar-refractivity contribution in [2.45, 2.75) is 26.4 Å². The molecule has 1 aliphatic heterocycles. The lowest BCUT2D eigenvalue weighted by molar-refractivity contribution is -0.115. The van der Waals surface area contributed by atoms with Crippen LogP contribution in [0.4, 0.5) is 10.1 Å². The van der Waals surface area contributed by atoms with Gasteiger partial charge in [-0.3, -0.25) is 4.79 Å². The minimum atomic E-state index is -0.328. The number of ether oxygens (including phenoxy) is 1. The van der Waals surface area contributed by atoms with E-state index in [2.05, 4.69) is 5.32 Å². The van der Waals surface area contributed by atoms with Gasteiger partial charge >= 0.3 is 0 Å². The first kappa shape index (κ1) is 13.6. The average molecular weight is 285 g/mol. The number of fused-ring (bicyclic) bond motifs is 1. The highest BCUT2D eigenvalue weighted by Gasteiger charge is 2.20. The van der Waals surface area contributed by atoms with Gasteiger partial charge in [0, 0.05) is 5.69 Å². The average Bonchev–Trinajstić information content (AvgIpc) is 2.77. The molecule has 1 N–H and O–H groups in total. The van der Waals surface area contributed by atoms with E-state index in [-0.39, 0.29) is 17.8 Å². The van der Waals surface area contributed by atoms with Crippen molar-refractivity contribution >= 4 is 11.6 Å². The quantitative estimate of drug-likeness (QED) is 0.932. The Kier molecular flexibility index (Phi) is 3.37. The van der Waals surface area contributed by atoms with Crippen LogP contribution < -0.4 is 10.1 Å². The first-order valence-corrected chi connectivity index (χ1v) is 6.93. The van der Waals surface area contributed by atoms with Gasteiger partial charge in [-0.25, -0.2) is 4.39 Å². The SMILES string of the molecule is CC(C)Oc1cccc(F)c1-c1ccc2c(c1)CC(=O)N2. The first-order valence-electron chi connectivity index (χ1n) is 6.93. The highest BCUT2D eigenvalue weighted by Crippen LogP contribution is 2.36. The van der Waals surface area contributed by atoms with Crippen molar-refractivity contribution in [1.82, 2.24) is 0 Å². The Morgan fingerprint density at radius 1 is 1.24 bits per heavy atom. The summed E-state index contributed by atoms with van der Waals surface area (Å²) in [7, 11) is 0. The minimum Gasteiger partial charge on any atom is -0.490 e. The predicted octanol–water partition coefficient (Wildman–Crippen LogP) is 3.77. The van der Waals surface area contributed by atoms with Gasteiger partial charge in [0.15, 0.2) is 0 Å². The van der Waals surface area contributed by atoms with Crippen molar-refractivity contribution in [3.63, 3.8) is 0 Å². The molecule has 1 aliphatic rings. The van der Waals surface area contributed by atoms with Crippen LogP contribution in [0, 0.1) is 5.82 Å². The van der Waals surface area contributed by atoms with Gasteiger partial charge in [-0.1, -0.05) is 12.1 Å². The second-order valence-corrected chi connectivity index (χ2v) is 5.38. The molecule has 0 spiro atoms. The largest absolute Gasteiger partial charge is 0.490 e. The molecule has 21 heavy (non-hydrogen) atoms. The third-order valence-electron chi connectivity index (χ3n) is 3.36. The molecule has 0 saturated carbocycles. The van der Waals surface area contributed by atoms with E-state index in [1.165, 1.54) is 6.07 Å². The molecule has 0 aliphatic carbocycles. The molecule has 108 valence electrons. The smallest absolute Gasteiger partial charge is 0.228 e. The Bertz CT molecular complexity index is 710. The summed E-state index contributed by atoms with van der Waals surface area (Å²) >= 11 is 0. The summed E-state index contributed by atoms with van der Waals surface area (Å²) in [6.45, 7) is 3.81. The van der Waals surface area contributed by atoms with Gasteiger partial charge < -0.3 is 10.1 Å². The van der Waals surface area contributed by atoms with Gasteiger partial charge in [0.05, 0.1) is 18.1 Å². The van der Waals surface area contributed by atoms with E-state index < -0.39 is 0 Å². The van der Waals surface area contributed by atoms with Gasteiger partial charge in [-0.15, -0.1) is 0 Å². The molecule has 1 amide bonds. The van der Waals surface area contributed by atoms with Crippen LogP contribution in [-0.2, 0) is 11.2 Å². The Morgan fingerprint density at radius 3 is 2.81 bits per heavy atom. The summed E-state index contributed by atoms with van der Waals surface area (Å²) < 4.78 is 20.0. The molecule has 4 heteroatoms. The third-order valence-corrected chi connectivity index (χ3v) is 3.36. The van der Waals surface area contributed by atoms with Crippen LogP contribution in [-0.4, -0.2) is 12.0 Å². The maximum absolute atomic E-state index is 14.3. The van der Waals surface area contributed by atoms with E-state index in [0.29, 0.717) is 17.7 Å². The lowest BCUT2D eigenvalue weighted by Crippen LogP contribution is -2.07. The maximum Gasteiger partial charge on any atom is 0.228 e. The number of rotatable bonds is 3. The zero-order valence-electron chi connectivity index (χ0n) is 11.9. The number of anilines is 1.